The maximum absolute atomic E-state index is 13.3. The first kappa shape index (κ1) is 23.0. The molecule has 3 rings (SSSR count). The van der Waals surface area contributed by atoms with Gasteiger partial charge in [0.1, 0.15) is 0 Å². The van der Waals surface area contributed by atoms with Crippen molar-refractivity contribution in [2.75, 3.05) is 0 Å². The molecule has 1 amide bonds. The average molecular weight is 543 g/mol. The number of hydrogen-bond donors (Lipinski definition) is 0. The van der Waals surface area contributed by atoms with E-state index >= 15 is 0 Å². The molecule has 0 radical (unpaired) electrons. The SMILES string of the molecule is C=C(I)C1(C)SC(=Nc2ccccc2)N2C(=O)[C@H]([C@@H](C)O[Si](C)(C)C(C)(C)C)[C@H]21. The van der Waals surface area contributed by atoms with E-state index in [-0.39, 0.29) is 33.8 Å². The highest BCUT2D eigenvalue weighted by Gasteiger charge is 2.66. The summed E-state index contributed by atoms with van der Waals surface area (Å²) in [7, 11) is -1.97. The summed E-state index contributed by atoms with van der Waals surface area (Å²) in [5.74, 6) is -0.0543. The summed E-state index contributed by atoms with van der Waals surface area (Å²) in [6, 6.07) is 9.83. The van der Waals surface area contributed by atoms with E-state index < -0.39 is 8.32 Å². The molecule has 0 saturated carbocycles. The summed E-state index contributed by atoms with van der Waals surface area (Å²) >= 11 is 3.95. The first-order chi connectivity index (χ1) is 13.3. The third kappa shape index (κ3) is 3.99. The summed E-state index contributed by atoms with van der Waals surface area (Å²) < 4.78 is 7.37. The van der Waals surface area contributed by atoms with Crippen LogP contribution in [0.4, 0.5) is 5.69 Å². The summed E-state index contributed by atoms with van der Waals surface area (Å²) in [5.41, 5.74) is 0.860. The van der Waals surface area contributed by atoms with Crippen molar-refractivity contribution in [2.24, 2.45) is 10.9 Å². The second-order valence-electron chi connectivity index (χ2n) is 9.61. The van der Waals surface area contributed by atoms with Gasteiger partial charge in [0.05, 0.1) is 28.5 Å². The largest absolute Gasteiger partial charge is 0.413 e. The Balaban J connectivity index is 1.92. The number of aliphatic imine (C=N–C) groups is 1. The van der Waals surface area contributed by atoms with Crippen molar-refractivity contribution >= 4 is 59.4 Å². The zero-order valence-corrected chi connectivity index (χ0v) is 22.3. The first-order valence-electron chi connectivity index (χ1n) is 9.98. The van der Waals surface area contributed by atoms with Crippen molar-refractivity contribution in [1.82, 2.24) is 4.90 Å². The van der Waals surface area contributed by atoms with Gasteiger partial charge in [0.15, 0.2) is 13.5 Å². The predicted molar refractivity (Wildman–Crippen MR) is 135 cm³/mol. The number of hydrogen-bond acceptors (Lipinski definition) is 4. The Kier molecular flexibility index (Phi) is 6.19. The third-order valence-electron chi connectivity index (χ3n) is 6.53. The fourth-order valence-electron chi connectivity index (χ4n) is 3.69. The highest BCUT2D eigenvalue weighted by Crippen LogP contribution is 2.57. The molecule has 0 spiro atoms. The topological polar surface area (TPSA) is 41.9 Å². The van der Waals surface area contributed by atoms with Crippen molar-refractivity contribution < 1.29 is 9.22 Å². The number of β-lactam (4-membered cyclic amide) rings is 1. The zero-order chi connectivity index (χ0) is 21.8. The van der Waals surface area contributed by atoms with Gasteiger partial charge in [0, 0.05) is 3.58 Å². The van der Waals surface area contributed by atoms with E-state index in [1.54, 1.807) is 11.8 Å². The van der Waals surface area contributed by atoms with Crippen LogP contribution in [0.1, 0.15) is 34.6 Å². The Morgan fingerprint density at radius 1 is 1.34 bits per heavy atom. The number of carbonyl (C=O) groups excluding carboxylic acids is 1. The minimum atomic E-state index is -1.97. The molecule has 0 N–H and O–H groups in total. The molecule has 0 bridgehead atoms. The Labute approximate surface area is 193 Å². The molecule has 2 aliphatic rings. The van der Waals surface area contributed by atoms with Crippen LogP contribution in [0.25, 0.3) is 0 Å². The molecular formula is C22H31IN2O2SSi. The van der Waals surface area contributed by atoms with Crippen LogP contribution in [-0.4, -0.2) is 41.2 Å². The van der Waals surface area contributed by atoms with Gasteiger partial charge in [0.25, 0.3) is 0 Å². The quantitative estimate of drug-likeness (QED) is 0.247. The highest BCUT2D eigenvalue weighted by molar-refractivity contribution is 14.1. The van der Waals surface area contributed by atoms with Crippen LogP contribution in [-0.2, 0) is 9.22 Å². The minimum Gasteiger partial charge on any atom is -0.413 e. The summed E-state index contributed by atoms with van der Waals surface area (Å²) in [6.07, 6.45) is -0.128. The van der Waals surface area contributed by atoms with Gasteiger partial charge < -0.3 is 4.43 Å². The number of benzene rings is 1. The standard InChI is InChI=1S/C22H31IN2O2SSi/c1-14(27-29(7,8)21(3,4)5)17-18-22(6,15(2)23)28-20(25(18)19(17)26)24-16-12-10-9-11-13-16/h9-14,17-18H,2H2,1,3-8H3/t14-,17-,18+,22?/m1/s1. The monoisotopic (exact) mass is 542 g/mol. The van der Waals surface area contributed by atoms with E-state index in [9.17, 15) is 4.79 Å². The van der Waals surface area contributed by atoms with Gasteiger partial charge >= 0.3 is 0 Å². The van der Waals surface area contributed by atoms with Crippen molar-refractivity contribution in [3.63, 3.8) is 0 Å². The molecule has 0 aromatic heterocycles. The van der Waals surface area contributed by atoms with Crippen LogP contribution < -0.4 is 0 Å². The number of amides is 1. The maximum Gasteiger partial charge on any atom is 0.236 e. The van der Waals surface area contributed by atoms with Crippen molar-refractivity contribution in [1.29, 1.82) is 0 Å². The molecule has 4 atom stereocenters. The van der Waals surface area contributed by atoms with Gasteiger partial charge in [-0.1, -0.05) is 57.3 Å². The van der Waals surface area contributed by atoms with Crippen molar-refractivity contribution in [3.05, 3.63) is 40.5 Å². The summed E-state index contributed by atoms with van der Waals surface area (Å²) in [5, 5.41) is 0.871. The van der Waals surface area contributed by atoms with E-state index in [2.05, 4.69) is 76.9 Å². The molecule has 2 heterocycles. The normalized spacial score (nSPS) is 29.6. The molecule has 158 valence electrons. The second kappa shape index (κ2) is 7.80. The summed E-state index contributed by atoms with van der Waals surface area (Å²) in [6.45, 7) is 19.7. The van der Waals surface area contributed by atoms with E-state index in [0.29, 0.717) is 0 Å². The Morgan fingerprint density at radius 3 is 2.45 bits per heavy atom. The van der Waals surface area contributed by atoms with E-state index in [1.807, 2.05) is 35.2 Å². The third-order valence-corrected chi connectivity index (χ3v) is 14.0. The van der Waals surface area contributed by atoms with E-state index in [4.69, 9.17) is 9.42 Å². The molecule has 4 nitrogen and oxygen atoms in total. The number of para-hydroxylation sites is 1. The molecule has 7 heteroatoms. The van der Waals surface area contributed by atoms with Crippen molar-refractivity contribution in [3.8, 4) is 0 Å². The molecule has 1 aromatic carbocycles. The molecule has 1 aromatic rings. The Bertz CT molecular complexity index is 852. The average Bonchev–Trinajstić information content (AvgIpc) is 2.83. The lowest BCUT2D eigenvalue weighted by Gasteiger charge is -2.51. The van der Waals surface area contributed by atoms with Gasteiger partial charge in [-0.2, -0.15) is 0 Å². The lowest BCUT2D eigenvalue weighted by atomic mass is 9.76. The lowest BCUT2D eigenvalue weighted by Crippen LogP contribution is -2.68. The van der Waals surface area contributed by atoms with E-state index in [1.165, 1.54) is 0 Å². The maximum atomic E-state index is 13.3. The summed E-state index contributed by atoms with van der Waals surface area (Å²) in [4.78, 5) is 19.9. The molecule has 29 heavy (non-hydrogen) atoms. The number of fused-ring (bicyclic) bond motifs is 1. The molecule has 0 aliphatic carbocycles. The number of thioether (sulfide) groups is 1. The van der Waals surface area contributed by atoms with Gasteiger partial charge in [-0.25, -0.2) is 4.99 Å². The predicted octanol–water partition coefficient (Wildman–Crippen LogP) is 6.37. The second-order valence-corrected chi connectivity index (χ2v) is 17.1. The molecule has 2 fully saturated rings. The fourth-order valence-corrected chi connectivity index (χ4v) is 7.09. The van der Waals surface area contributed by atoms with E-state index in [0.717, 1.165) is 14.4 Å². The number of nitrogens with zero attached hydrogens (tertiary/aromatic N) is 2. The van der Waals surface area contributed by atoms with Crippen LogP contribution in [0.15, 0.2) is 45.5 Å². The smallest absolute Gasteiger partial charge is 0.236 e. The number of halogens is 1. The van der Waals surface area contributed by atoms with Crippen LogP contribution >= 0.6 is 34.4 Å². The number of rotatable bonds is 5. The fraction of sp³-hybridized carbons (Fsp3) is 0.545. The van der Waals surface area contributed by atoms with Gasteiger partial charge in [0.2, 0.25) is 5.91 Å². The Morgan fingerprint density at radius 2 is 1.93 bits per heavy atom. The Hall–Kier alpha value is -0.643. The molecule has 2 saturated heterocycles. The lowest BCUT2D eigenvalue weighted by molar-refractivity contribution is -0.154. The van der Waals surface area contributed by atoms with Gasteiger partial charge in [-0.05, 0) is 66.7 Å². The van der Waals surface area contributed by atoms with Gasteiger partial charge in [-0.3, -0.25) is 9.69 Å². The van der Waals surface area contributed by atoms with Crippen LogP contribution in [0.2, 0.25) is 18.1 Å². The van der Waals surface area contributed by atoms with Gasteiger partial charge in [-0.15, -0.1) is 0 Å². The molecule has 1 unspecified atom stereocenters. The highest BCUT2D eigenvalue weighted by atomic mass is 127. The van der Waals surface area contributed by atoms with Crippen molar-refractivity contribution in [2.45, 2.75) is 69.6 Å². The number of amidine groups is 1. The van der Waals surface area contributed by atoms with Crippen LogP contribution in [0, 0.1) is 5.92 Å². The van der Waals surface area contributed by atoms with Crippen LogP contribution in [0.3, 0.4) is 0 Å². The molecule has 2 aliphatic heterocycles. The number of carbonyl (C=O) groups is 1. The minimum absolute atomic E-state index is 0.0200. The van der Waals surface area contributed by atoms with Crippen LogP contribution in [0.5, 0.6) is 0 Å². The zero-order valence-electron chi connectivity index (χ0n) is 18.3. The first-order valence-corrected chi connectivity index (χ1v) is 14.8. The molecular weight excluding hydrogens is 511 g/mol.